The third kappa shape index (κ3) is 1.73. The van der Waals surface area contributed by atoms with E-state index in [0.29, 0.717) is 5.95 Å². The molecular formula is C11H10N4O. The van der Waals surface area contributed by atoms with Crippen LogP contribution in [0.4, 0.5) is 5.95 Å². The number of fused-ring (bicyclic) bond motifs is 1. The molecule has 0 saturated heterocycles. The summed E-state index contributed by atoms with van der Waals surface area (Å²) >= 11 is 0. The summed E-state index contributed by atoms with van der Waals surface area (Å²) in [5.74, 6) is 0.113. The number of benzene rings is 1. The highest BCUT2D eigenvalue weighted by Crippen LogP contribution is 2.17. The molecule has 5 heteroatoms. The van der Waals surface area contributed by atoms with Gasteiger partial charge in [-0.1, -0.05) is 12.1 Å². The molecule has 0 radical (unpaired) electrons. The van der Waals surface area contributed by atoms with Crippen molar-refractivity contribution < 1.29 is 4.79 Å². The number of nitrogens with one attached hydrogen (secondary N) is 1. The summed E-state index contributed by atoms with van der Waals surface area (Å²) in [5.41, 5.74) is 1.76. The predicted octanol–water partition coefficient (Wildman–Crippen LogP) is 1.43. The van der Waals surface area contributed by atoms with Crippen LogP contribution in [-0.2, 0) is 11.8 Å². The Bertz CT molecular complexity index is 579. The zero-order valence-electron chi connectivity index (χ0n) is 8.77. The maximum absolute atomic E-state index is 11.3. The molecule has 2 aromatic rings. The van der Waals surface area contributed by atoms with Gasteiger partial charge in [0.25, 0.3) is 0 Å². The standard InChI is InChI=1S/C11H10N4O/c1-15-9-5-3-2-4-8(9)13-11(15)14-10(16)6-7-12/h2-5H,6H2,1H3,(H,13,14,16). The van der Waals surface area contributed by atoms with E-state index < -0.39 is 0 Å². The van der Waals surface area contributed by atoms with Crippen molar-refractivity contribution in [1.82, 2.24) is 9.55 Å². The molecule has 2 rings (SSSR count). The number of aryl methyl sites for hydroxylation is 1. The molecule has 0 unspecified atom stereocenters. The fourth-order valence-electron chi connectivity index (χ4n) is 1.50. The van der Waals surface area contributed by atoms with Gasteiger partial charge >= 0.3 is 0 Å². The number of amides is 1. The Morgan fingerprint density at radius 2 is 2.31 bits per heavy atom. The minimum Gasteiger partial charge on any atom is -0.313 e. The Kier molecular flexibility index (Phi) is 2.56. The number of anilines is 1. The molecule has 0 saturated carbocycles. The normalized spacial score (nSPS) is 10.0. The Morgan fingerprint density at radius 3 is 3.00 bits per heavy atom. The topological polar surface area (TPSA) is 70.7 Å². The largest absolute Gasteiger partial charge is 0.313 e. The van der Waals surface area contributed by atoms with Gasteiger partial charge in [-0.05, 0) is 12.1 Å². The van der Waals surface area contributed by atoms with E-state index in [2.05, 4.69) is 10.3 Å². The lowest BCUT2D eigenvalue weighted by molar-refractivity contribution is -0.115. The quantitative estimate of drug-likeness (QED) is 0.821. The average molecular weight is 214 g/mol. The lowest BCUT2D eigenvalue weighted by Crippen LogP contribution is -2.13. The highest BCUT2D eigenvalue weighted by molar-refractivity contribution is 5.92. The molecule has 1 amide bonds. The Hall–Kier alpha value is -2.35. The van der Waals surface area contributed by atoms with Crippen LogP contribution < -0.4 is 5.32 Å². The van der Waals surface area contributed by atoms with Crippen LogP contribution in [0.3, 0.4) is 0 Å². The second kappa shape index (κ2) is 4.03. The molecule has 0 fully saturated rings. The number of hydrogen-bond donors (Lipinski definition) is 1. The summed E-state index contributed by atoms with van der Waals surface area (Å²) in [5, 5.41) is 11.0. The summed E-state index contributed by atoms with van der Waals surface area (Å²) in [6, 6.07) is 9.37. The van der Waals surface area contributed by atoms with Gasteiger partial charge in [-0.3, -0.25) is 10.1 Å². The molecular weight excluding hydrogens is 204 g/mol. The lowest BCUT2D eigenvalue weighted by atomic mass is 10.3. The van der Waals surface area contributed by atoms with Crippen molar-refractivity contribution in [1.29, 1.82) is 5.26 Å². The lowest BCUT2D eigenvalue weighted by Gasteiger charge is -2.01. The smallest absolute Gasteiger partial charge is 0.240 e. The van der Waals surface area contributed by atoms with E-state index in [0.717, 1.165) is 11.0 Å². The predicted molar refractivity (Wildman–Crippen MR) is 59.6 cm³/mol. The van der Waals surface area contributed by atoms with E-state index in [4.69, 9.17) is 5.26 Å². The summed E-state index contributed by atoms with van der Waals surface area (Å²) in [6.45, 7) is 0. The molecule has 1 aromatic carbocycles. The van der Waals surface area contributed by atoms with E-state index in [1.54, 1.807) is 10.6 Å². The SMILES string of the molecule is Cn1c(NC(=O)CC#N)nc2ccccc21. The fourth-order valence-corrected chi connectivity index (χ4v) is 1.50. The molecule has 0 aliphatic carbocycles. The maximum Gasteiger partial charge on any atom is 0.240 e. The van der Waals surface area contributed by atoms with Crippen LogP contribution >= 0.6 is 0 Å². The van der Waals surface area contributed by atoms with Crippen molar-refractivity contribution in [2.75, 3.05) is 5.32 Å². The van der Waals surface area contributed by atoms with E-state index in [1.165, 1.54) is 0 Å². The zero-order chi connectivity index (χ0) is 11.5. The van der Waals surface area contributed by atoms with Crippen molar-refractivity contribution in [3.63, 3.8) is 0 Å². The van der Waals surface area contributed by atoms with Gasteiger partial charge in [-0.25, -0.2) is 4.98 Å². The van der Waals surface area contributed by atoms with Crippen LogP contribution in [0.5, 0.6) is 0 Å². The van der Waals surface area contributed by atoms with Crippen LogP contribution in [0.1, 0.15) is 6.42 Å². The van der Waals surface area contributed by atoms with Gasteiger partial charge in [-0.15, -0.1) is 0 Å². The molecule has 80 valence electrons. The van der Waals surface area contributed by atoms with Gasteiger partial charge in [0.1, 0.15) is 6.42 Å². The van der Waals surface area contributed by atoms with Crippen LogP contribution in [0.15, 0.2) is 24.3 Å². The third-order valence-electron chi connectivity index (χ3n) is 2.28. The van der Waals surface area contributed by atoms with Gasteiger partial charge in [0.05, 0.1) is 17.1 Å². The average Bonchev–Trinajstić information content (AvgIpc) is 2.57. The number of aromatic nitrogens is 2. The minimum absolute atomic E-state index is 0.163. The number of para-hydroxylation sites is 2. The van der Waals surface area contributed by atoms with Crippen LogP contribution in [0.2, 0.25) is 0 Å². The summed E-state index contributed by atoms with van der Waals surface area (Å²) in [7, 11) is 1.82. The van der Waals surface area contributed by atoms with Crippen LogP contribution in [0, 0.1) is 11.3 Å². The van der Waals surface area contributed by atoms with Gasteiger partial charge in [0.2, 0.25) is 11.9 Å². The molecule has 0 atom stereocenters. The Labute approximate surface area is 92.3 Å². The number of hydrogen-bond acceptors (Lipinski definition) is 3. The summed E-state index contributed by atoms with van der Waals surface area (Å²) in [4.78, 5) is 15.5. The Morgan fingerprint density at radius 1 is 1.56 bits per heavy atom. The Balaban J connectivity index is 2.35. The number of imidazole rings is 1. The number of nitrogens with zero attached hydrogens (tertiary/aromatic N) is 3. The molecule has 0 bridgehead atoms. The molecule has 1 heterocycles. The first kappa shape index (κ1) is 10.2. The second-order valence-corrected chi connectivity index (χ2v) is 3.37. The van der Waals surface area contributed by atoms with Crippen LogP contribution in [0.25, 0.3) is 11.0 Å². The molecule has 0 spiro atoms. The first-order valence-electron chi connectivity index (χ1n) is 4.80. The zero-order valence-corrected chi connectivity index (χ0v) is 8.77. The number of carbonyl (C=O) groups is 1. The highest BCUT2D eigenvalue weighted by atomic mass is 16.1. The molecule has 5 nitrogen and oxygen atoms in total. The van der Waals surface area contributed by atoms with Crippen molar-refractivity contribution in [3.05, 3.63) is 24.3 Å². The highest BCUT2D eigenvalue weighted by Gasteiger charge is 2.09. The van der Waals surface area contributed by atoms with Gasteiger partial charge in [0, 0.05) is 7.05 Å². The van der Waals surface area contributed by atoms with E-state index in [1.807, 2.05) is 31.3 Å². The monoisotopic (exact) mass is 214 g/mol. The third-order valence-corrected chi connectivity index (χ3v) is 2.28. The van der Waals surface area contributed by atoms with Crippen molar-refractivity contribution in [2.45, 2.75) is 6.42 Å². The summed E-state index contributed by atoms with van der Waals surface area (Å²) < 4.78 is 1.78. The number of nitriles is 1. The van der Waals surface area contributed by atoms with Crippen molar-refractivity contribution in [3.8, 4) is 6.07 Å². The van der Waals surface area contributed by atoms with E-state index in [-0.39, 0.29) is 12.3 Å². The molecule has 0 aliphatic rings. The van der Waals surface area contributed by atoms with Crippen molar-refractivity contribution >= 4 is 22.9 Å². The minimum atomic E-state index is -0.346. The first-order valence-corrected chi connectivity index (χ1v) is 4.80. The first-order chi connectivity index (χ1) is 7.72. The van der Waals surface area contributed by atoms with Crippen molar-refractivity contribution in [2.24, 2.45) is 7.05 Å². The van der Waals surface area contributed by atoms with Gasteiger partial charge < -0.3 is 4.57 Å². The number of carbonyl (C=O) groups excluding carboxylic acids is 1. The molecule has 0 aliphatic heterocycles. The summed E-state index contributed by atoms with van der Waals surface area (Å²) in [6.07, 6.45) is -0.163. The van der Waals surface area contributed by atoms with E-state index in [9.17, 15) is 4.79 Å². The second-order valence-electron chi connectivity index (χ2n) is 3.37. The molecule has 1 aromatic heterocycles. The fraction of sp³-hybridized carbons (Fsp3) is 0.182. The maximum atomic E-state index is 11.3. The molecule has 1 N–H and O–H groups in total. The van der Waals surface area contributed by atoms with Crippen LogP contribution in [-0.4, -0.2) is 15.5 Å². The van der Waals surface area contributed by atoms with Gasteiger partial charge in [-0.2, -0.15) is 5.26 Å². The van der Waals surface area contributed by atoms with E-state index >= 15 is 0 Å². The molecule has 16 heavy (non-hydrogen) atoms. The number of rotatable bonds is 2. The van der Waals surface area contributed by atoms with Gasteiger partial charge in [0.15, 0.2) is 0 Å².